The maximum Gasteiger partial charge on any atom is 0.311 e. The molecule has 2 saturated heterocycles. The second kappa shape index (κ2) is 8.87. The summed E-state index contributed by atoms with van der Waals surface area (Å²) in [5.41, 5.74) is 7.15. The second-order valence-electron chi connectivity index (χ2n) is 10.4. The number of hydrogen-bond acceptors (Lipinski definition) is 4. The molecule has 0 N–H and O–H groups in total. The molecule has 2 fully saturated rings. The predicted octanol–water partition coefficient (Wildman–Crippen LogP) is 5.08. The van der Waals surface area contributed by atoms with Crippen molar-refractivity contribution in [1.29, 1.82) is 0 Å². The van der Waals surface area contributed by atoms with Gasteiger partial charge in [-0.05, 0) is 68.2 Å². The third kappa shape index (κ3) is 4.01. The fourth-order valence-corrected chi connectivity index (χ4v) is 6.37. The minimum absolute atomic E-state index is 0. The Morgan fingerprint density at radius 1 is 1.12 bits per heavy atom. The third-order valence-electron chi connectivity index (χ3n) is 8.44. The molecule has 1 aromatic carbocycles. The Morgan fingerprint density at radius 3 is 2.62 bits per heavy atom. The van der Waals surface area contributed by atoms with Crippen LogP contribution in [0.4, 0.5) is 5.69 Å². The lowest BCUT2D eigenvalue weighted by atomic mass is 9.62. The van der Waals surface area contributed by atoms with E-state index in [0.717, 1.165) is 45.6 Å². The molecule has 1 aromatic rings. The third-order valence-corrected chi connectivity index (χ3v) is 8.44. The van der Waals surface area contributed by atoms with E-state index in [4.69, 9.17) is 4.74 Å². The van der Waals surface area contributed by atoms with Crippen LogP contribution in [0.15, 0.2) is 41.5 Å². The Balaban J connectivity index is 0.00000245. The molecule has 4 aliphatic rings. The standard InChI is InChI=1S/C27H36N2O2.ClH/c1-18-7-5-9-24(20(18)3)29-13-11-28(12-14-29)17-22-21-15-23-19(2)8-6-10-27(23,4)16-25(21)31-26(22)30;/h5,7-9,15,21-22,25H,6,10-14,16-17H2,1-4H3;1H/t21-,22?,25-,27-;/m1./s1. The van der Waals surface area contributed by atoms with Crippen LogP contribution in [0.3, 0.4) is 0 Å². The molecule has 0 radical (unpaired) electrons. The first-order valence-electron chi connectivity index (χ1n) is 12.0. The Morgan fingerprint density at radius 2 is 1.88 bits per heavy atom. The van der Waals surface area contributed by atoms with Gasteiger partial charge < -0.3 is 9.64 Å². The summed E-state index contributed by atoms with van der Waals surface area (Å²) in [5.74, 6) is 0.228. The van der Waals surface area contributed by atoms with Gasteiger partial charge in [-0.2, -0.15) is 0 Å². The van der Waals surface area contributed by atoms with Crippen molar-refractivity contribution in [2.45, 2.75) is 53.1 Å². The van der Waals surface area contributed by atoms with E-state index in [1.54, 1.807) is 0 Å². The van der Waals surface area contributed by atoms with Crippen molar-refractivity contribution in [3.63, 3.8) is 0 Å². The van der Waals surface area contributed by atoms with E-state index in [2.05, 4.69) is 67.8 Å². The number of nitrogens with zero attached hydrogens (tertiary/aromatic N) is 2. The van der Waals surface area contributed by atoms with Gasteiger partial charge in [0.1, 0.15) is 6.10 Å². The zero-order chi connectivity index (χ0) is 21.8. The van der Waals surface area contributed by atoms with E-state index in [1.165, 1.54) is 34.4 Å². The number of hydrogen-bond donors (Lipinski definition) is 0. The molecule has 174 valence electrons. The number of carbonyl (C=O) groups is 1. The number of rotatable bonds is 3. The summed E-state index contributed by atoms with van der Waals surface area (Å²) in [6.07, 6.45) is 8.14. The minimum Gasteiger partial charge on any atom is -0.461 e. The average molecular weight is 457 g/mol. The SMILES string of the molecule is CC1=CCC[C@]2(C)C[C@H]3OC(=O)C(CN4CCN(c5cccc(C)c5C)CC4)[C@H]3C=C12.Cl. The Bertz CT molecular complexity index is 947. The molecule has 5 heteroatoms. The lowest BCUT2D eigenvalue weighted by Crippen LogP contribution is -2.49. The van der Waals surface area contributed by atoms with Crippen LogP contribution < -0.4 is 4.90 Å². The first kappa shape index (κ1) is 23.4. The summed E-state index contributed by atoms with van der Waals surface area (Å²) in [5, 5.41) is 0. The summed E-state index contributed by atoms with van der Waals surface area (Å²) >= 11 is 0. The fourth-order valence-electron chi connectivity index (χ4n) is 6.37. The Hall–Kier alpha value is -1.78. The minimum atomic E-state index is -0.0240. The molecule has 0 spiro atoms. The summed E-state index contributed by atoms with van der Waals surface area (Å²) in [6.45, 7) is 13.9. The zero-order valence-corrected chi connectivity index (χ0v) is 20.7. The molecule has 0 amide bonds. The highest BCUT2D eigenvalue weighted by molar-refractivity contribution is 5.85. The van der Waals surface area contributed by atoms with Gasteiger partial charge in [0.25, 0.3) is 0 Å². The Labute approximate surface area is 199 Å². The molecule has 4 nitrogen and oxygen atoms in total. The zero-order valence-electron chi connectivity index (χ0n) is 19.9. The van der Waals surface area contributed by atoms with E-state index in [-0.39, 0.29) is 41.7 Å². The maximum absolute atomic E-state index is 12.9. The molecule has 2 heterocycles. The highest BCUT2D eigenvalue weighted by Crippen LogP contribution is 2.52. The lowest BCUT2D eigenvalue weighted by molar-refractivity contribution is -0.145. The van der Waals surface area contributed by atoms with Crippen molar-refractivity contribution in [3.05, 3.63) is 52.6 Å². The van der Waals surface area contributed by atoms with Crippen LogP contribution in [0, 0.1) is 31.1 Å². The maximum atomic E-state index is 12.9. The van der Waals surface area contributed by atoms with Crippen LogP contribution in [0.2, 0.25) is 0 Å². The van der Waals surface area contributed by atoms with E-state index in [1.807, 2.05) is 0 Å². The first-order valence-corrected chi connectivity index (χ1v) is 12.0. The molecule has 4 atom stereocenters. The van der Waals surface area contributed by atoms with Gasteiger partial charge in [-0.25, -0.2) is 0 Å². The lowest BCUT2D eigenvalue weighted by Gasteiger charge is -2.43. The van der Waals surface area contributed by atoms with E-state index < -0.39 is 0 Å². The average Bonchev–Trinajstić information content (AvgIpc) is 3.03. The van der Waals surface area contributed by atoms with E-state index in [0.29, 0.717) is 0 Å². The van der Waals surface area contributed by atoms with Crippen molar-refractivity contribution in [2.75, 3.05) is 37.6 Å². The highest BCUT2D eigenvalue weighted by Gasteiger charge is 2.51. The van der Waals surface area contributed by atoms with Crippen LogP contribution in [0.25, 0.3) is 0 Å². The molecule has 2 aliphatic carbocycles. The topological polar surface area (TPSA) is 32.8 Å². The van der Waals surface area contributed by atoms with Gasteiger partial charge in [0.15, 0.2) is 0 Å². The van der Waals surface area contributed by atoms with Gasteiger partial charge >= 0.3 is 5.97 Å². The molecule has 0 aromatic heterocycles. The number of anilines is 1. The first-order chi connectivity index (χ1) is 14.9. The number of halogens is 1. The predicted molar refractivity (Wildman–Crippen MR) is 132 cm³/mol. The smallest absolute Gasteiger partial charge is 0.311 e. The fraction of sp³-hybridized carbons (Fsp3) is 0.593. The number of esters is 1. The summed E-state index contributed by atoms with van der Waals surface area (Å²) in [6, 6.07) is 6.58. The number of carbonyl (C=O) groups excluding carboxylic acids is 1. The molecular weight excluding hydrogens is 420 g/mol. The number of fused-ring (bicyclic) bond motifs is 2. The molecule has 0 saturated carbocycles. The molecule has 32 heavy (non-hydrogen) atoms. The van der Waals surface area contributed by atoms with Gasteiger partial charge in [0.05, 0.1) is 5.92 Å². The van der Waals surface area contributed by atoms with Crippen LogP contribution in [-0.2, 0) is 9.53 Å². The number of aryl methyl sites for hydroxylation is 1. The van der Waals surface area contributed by atoms with Crippen molar-refractivity contribution >= 4 is 24.1 Å². The largest absolute Gasteiger partial charge is 0.461 e. The molecule has 0 bridgehead atoms. The quantitative estimate of drug-likeness (QED) is 0.593. The number of piperazine rings is 1. The van der Waals surface area contributed by atoms with Crippen molar-refractivity contribution in [1.82, 2.24) is 4.90 Å². The molecule has 1 unspecified atom stereocenters. The van der Waals surface area contributed by atoms with Crippen molar-refractivity contribution < 1.29 is 9.53 Å². The van der Waals surface area contributed by atoms with Gasteiger partial charge in [0.2, 0.25) is 0 Å². The van der Waals surface area contributed by atoms with Crippen LogP contribution in [0.1, 0.15) is 44.2 Å². The number of benzene rings is 1. The van der Waals surface area contributed by atoms with Gasteiger partial charge in [0, 0.05) is 44.3 Å². The summed E-state index contributed by atoms with van der Waals surface area (Å²) < 4.78 is 5.95. The van der Waals surface area contributed by atoms with Gasteiger partial charge in [-0.1, -0.05) is 36.8 Å². The van der Waals surface area contributed by atoms with Crippen LogP contribution in [-0.4, -0.2) is 49.7 Å². The molecule has 2 aliphatic heterocycles. The monoisotopic (exact) mass is 456 g/mol. The highest BCUT2D eigenvalue weighted by atomic mass is 35.5. The normalized spacial score (nSPS) is 32.3. The molecule has 5 rings (SSSR count). The van der Waals surface area contributed by atoms with E-state index >= 15 is 0 Å². The Kier molecular flexibility index (Phi) is 6.48. The number of allylic oxidation sites excluding steroid dienone is 3. The van der Waals surface area contributed by atoms with Crippen molar-refractivity contribution in [3.8, 4) is 0 Å². The van der Waals surface area contributed by atoms with Crippen LogP contribution in [0.5, 0.6) is 0 Å². The van der Waals surface area contributed by atoms with Crippen LogP contribution >= 0.6 is 12.4 Å². The van der Waals surface area contributed by atoms with Gasteiger partial charge in [-0.3, -0.25) is 9.69 Å². The molecular formula is C27H37ClN2O2. The van der Waals surface area contributed by atoms with Crippen molar-refractivity contribution in [2.24, 2.45) is 17.3 Å². The summed E-state index contributed by atoms with van der Waals surface area (Å²) in [7, 11) is 0. The van der Waals surface area contributed by atoms with Gasteiger partial charge in [-0.15, -0.1) is 12.4 Å². The van der Waals surface area contributed by atoms with E-state index in [9.17, 15) is 4.79 Å². The number of ether oxygens (including phenoxy) is 1. The second-order valence-corrected chi connectivity index (χ2v) is 10.4. The summed E-state index contributed by atoms with van der Waals surface area (Å²) in [4.78, 5) is 17.8.